The third-order valence-corrected chi connectivity index (χ3v) is 2.51. The van der Waals surface area contributed by atoms with Gasteiger partial charge in [0.2, 0.25) is 0 Å². The molecule has 0 aromatic heterocycles. The van der Waals surface area contributed by atoms with Crippen LogP contribution in [0, 0.1) is 5.82 Å². The molecule has 0 fully saturated rings. The zero-order chi connectivity index (χ0) is 15.1. The van der Waals surface area contributed by atoms with Crippen LogP contribution in [0.5, 0.6) is 5.75 Å². The Balaban J connectivity index is 2.60. The van der Waals surface area contributed by atoms with Gasteiger partial charge in [-0.05, 0) is 19.1 Å². The molecule has 3 N–H and O–H groups in total. The van der Waals surface area contributed by atoms with Gasteiger partial charge in [0.05, 0.1) is 0 Å². The molecule has 0 aliphatic rings. The maximum absolute atomic E-state index is 12.9. The first-order chi connectivity index (χ1) is 9.43. The SMILES string of the molecule is CC(Oc1cccc(F)c1)C(=O)N[C@@H](CCO)C(=O)O. The highest BCUT2D eigenvalue weighted by molar-refractivity contribution is 5.86. The minimum atomic E-state index is -1.25. The molecule has 20 heavy (non-hydrogen) atoms. The molecule has 0 radical (unpaired) electrons. The molecule has 0 saturated heterocycles. The Morgan fingerprint density at radius 1 is 1.45 bits per heavy atom. The average Bonchev–Trinajstić information content (AvgIpc) is 2.37. The molecule has 0 heterocycles. The molecule has 7 heteroatoms. The fourth-order valence-corrected chi connectivity index (χ4v) is 1.47. The summed E-state index contributed by atoms with van der Waals surface area (Å²) in [7, 11) is 0. The van der Waals surface area contributed by atoms with Crippen molar-refractivity contribution in [3.8, 4) is 5.75 Å². The molecule has 2 atom stereocenters. The Morgan fingerprint density at radius 2 is 2.15 bits per heavy atom. The van der Waals surface area contributed by atoms with Gasteiger partial charge in [-0.2, -0.15) is 0 Å². The van der Waals surface area contributed by atoms with E-state index in [1.54, 1.807) is 0 Å². The smallest absolute Gasteiger partial charge is 0.326 e. The van der Waals surface area contributed by atoms with Gasteiger partial charge in [0.15, 0.2) is 6.10 Å². The topological polar surface area (TPSA) is 95.9 Å². The molecule has 1 amide bonds. The van der Waals surface area contributed by atoms with Gasteiger partial charge in [-0.25, -0.2) is 9.18 Å². The molecule has 0 bridgehead atoms. The van der Waals surface area contributed by atoms with E-state index in [9.17, 15) is 14.0 Å². The van der Waals surface area contributed by atoms with E-state index >= 15 is 0 Å². The number of aliphatic hydroxyl groups is 1. The summed E-state index contributed by atoms with van der Waals surface area (Å²) in [6, 6.07) is 4.08. The number of carboxylic acid groups (broad SMARTS) is 1. The summed E-state index contributed by atoms with van der Waals surface area (Å²) in [5.41, 5.74) is 0. The van der Waals surface area contributed by atoms with E-state index < -0.39 is 29.8 Å². The summed E-state index contributed by atoms with van der Waals surface area (Å²) in [6.45, 7) is 1.05. The summed E-state index contributed by atoms with van der Waals surface area (Å²) in [6.07, 6.45) is -1.09. The van der Waals surface area contributed by atoms with Crippen molar-refractivity contribution in [3.63, 3.8) is 0 Å². The maximum Gasteiger partial charge on any atom is 0.326 e. The monoisotopic (exact) mass is 285 g/mol. The van der Waals surface area contributed by atoms with Crippen LogP contribution >= 0.6 is 0 Å². The predicted octanol–water partition coefficient (Wildman–Crippen LogP) is 0.545. The van der Waals surface area contributed by atoms with Crippen LogP contribution in [0.15, 0.2) is 24.3 Å². The number of carbonyl (C=O) groups is 2. The van der Waals surface area contributed by atoms with Crippen LogP contribution < -0.4 is 10.1 Å². The van der Waals surface area contributed by atoms with E-state index in [0.29, 0.717) is 0 Å². The number of benzene rings is 1. The first kappa shape index (κ1) is 15.9. The minimum Gasteiger partial charge on any atom is -0.481 e. The molecular formula is C13H16FNO5. The van der Waals surface area contributed by atoms with E-state index in [1.807, 2.05) is 0 Å². The Kier molecular flexibility index (Phi) is 5.92. The molecule has 1 rings (SSSR count). The van der Waals surface area contributed by atoms with Crippen molar-refractivity contribution in [1.82, 2.24) is 5.32 Å². The first-order valence-corrected chi connectivity index (χ1v) is 6.00. The molecule has 0 spiro atoms. The number of amides is 1. The molecular weight excluding hydrogens is 269 g/mol. The van der Waals surface area contributed by atoms with Gasteiger partial charge in [-0.3, -0.25) is 4.79 Å². The maximum atomic E-state index is 12.9. The number of aliphatic carboxylic acids is 1. The van der Waals surface area contributed by atoms with Crippen molar-refractivity contribution < 1.29 is 28.9 Å². The lowest BCUT2D eigenvalue weighted by Gasteiger charge is -2.18. The summed E-state index contributed by atoms with van der Waals surface area (Å²) >= 11 is 0. The van der Waals surface area contributed by atoms with E-state index in [4.69, 9.17) is 14.9 Å². The van der Waals surface area contributed by atoms with Crippen LogP contribution in [-0.4, -0.2) is 40.8 Å². The lowest BCUT2D eigenvalue weighted by Crippen LogP contribution is -2.46. The van der Waals surface area contributed by atoms with Crippen molar-refractivity contribution in [2.24, 2.45) is 0 Å². The van der Waals surface area contributed by atoms with Crippen molar-refractivity contribution >= 4 is 11.9 Å². The highest BCUT2D eigenvalue weighted by Gasteiger charge is 2.23. The second-order valence-electron chi connectivity index (χ2n) is 4.13. The highest BCUT2D eigenvalue weighted by Crippen LogP contribution is 2.13. The van der Waals surface area contributed by atoms with Gasteiger partial charge in [-0.1, -0.05) is 6.07 Å². The molecule has 1 aromatic rings. The second-order valence-corrected chi connectivity index (χ2v) is 4.13. The highest BCUT2D eigenvalue weighted by atomic mass is 19.1. The van der Waals surface area contributed by atoms with Crippen molar-refractivity contribution in [1.29, 1.82) is 0 Å². The third-order valence-electron chi connectivity index (χ3n) is 2.51. The predicted molar refractivity (Wildman–Crippen MR) is 67.8 cm³/mol. The van der Waals surface area contributed by atoms with Crippen LogP contribution in [0.25, 0.3) is 0 Å². The Hall–Kier alpha value is -2.15. The largest absolute Gasteiger partial charge is 0.481 e. The fourth-order valence-electron chi connectivity index (χ4n) is 1.47. The van der Waals surface area contributed by atoms with E-state index in [1.165, 1.54) is 25.1 Å². The van der Waals surface area contributed by atoms with Crippen molar-refractivity contribution in [2.75, 3.05) is 6.61 Å². The van der Waals surface area contributed by atoms with Gasteiger partial charge >= 0.3 is 5.97 Å². The molecule has 1 unspecified atom stereocenters. The molecule has 0 aliphatic heterocycles. The van der Waals surface area contributed by atoms with Gasteiger partial charge in [0.25, 0.3) is 5.91 Å². The van der Waals surface area contributed by atoms with Crippen LogP contribution in [0.1, 0.15) is 13.3 Å². The molecule has 1 aromatic carbocycles. The summed E-state index contributed by atoms with van der Waals surface area (Å²) in [5, 5.41) is 19.8. The Bertz CT molecular complexity index is 480. The number of ether oxygens (including phenoxy) is 1. The van der Waals surface area contributed by atoms with E-state index in [0.717, 1.165) is 6.07 Å². The van der Waals surface area contributed by atoms with Crippen LogP contribution in [0.3, 0.4) is 0 Å². The quantitative estimate of drug-likeness (QED) is 0.679. The number of rotatable bonds is 7. The number of aliphatic hydroxyl groups excluding tert-OH is 1. The first-order valence-electron chi connectivity index (χ1n) is 6.00. The number of hydrogen-bond donors (Lipinski definition) is 3. The third kappa shape index (κ3) is 4.85. The molecule has 110 valence electrons. The fraction of sp³-hybridized carbons (Fsp3) is 0.385. The summed E-state index contributed by atoms with van der Waals surface area (Å²) in [5.74, 6) is -2.24. The lowest BCUT2D eigenvalue weighted by atomic mass is 10.2. The average molecular weight is 285 g/mol. The van der Waals surface area contributed by atoms with Crippen LogP contribution in [0.2, 0.25) is 0 Å². The second kappa shape index (κ2) is 7.44. The number of nitrogens with one attached hydrogen (secondary N) is 1. The molecule has 0 aliphatic carbocycles. The van der Waals surface area contributed by atoms with Crippen molar-refractivity contribution in [2.45, 2.75) is 25.5 Å². The zero-order valence-corrected chi connectivity index (χ0v) is 10.9. The van der Waals surface area contributed by atoms with Crippen LogP contribution in [-0.2, 0) is 9.59 Å². The van der Waals surface area contributed by atoms with E-state index in [2.05, 4.69) is 5.32 Å². The van der Waals surface area contributed by atoms with Gasteiger partial charge in [-0.15, -0.1) is 0 Å². The van der Waals surface area contributed by atoms with Gasteiger partial charge < -0.3 is 20.3 Å². The zero-order valence-electron chi connectivity index (χ0n) is 10.9. The standard InChI is InChI=1S/C13H16FNO5/c1-8(20-10-4-2-3-9(14)7-10)12(17)15-11(5-6-16)13(18)19/h2-4,7-8,11,16H,5-6H2,1H3,(H,15,17)(H,18,19)/t8?,11-/m0/s1. The molecule has 0 saturated carbocycles. The molecule has 6 nitrogen and oxygen atoms in total. The number of carboxylic acids is 1. The Morgan fingerprint density at radius 3 is 2.70 bits per heavy atom. The number of carbonyl (C=O) groups excluding carboxylic acids is 1. The van der Waals surface area contributed by atoms with Crippen LogP contribution in [0.4, 0.5) is 4.39 Å². The lowest BCUT2D eigenvalue weighted by molar-refractivity contribution is -0.143. The number of halogens is 1. The van der Waals surface area contributed by atoms with Gasteiger partial charge in [0.1, 0.15) is 17.6 Å². The number of hydrogen-bond acceptors (Lipinski definition) is 4. The Labute approximate surface area is 115 Å². The van der Waals surface area contributed by atoms with Crippen molar-refractivity contribution in [3.05, 3.63) is 30.1 Å². The summed E-state index contributed by atoms with van der Waals surface area (Å²) < 4.78 is 18.2. The minimum absolute atomic E-state index is 0.103. The normalized spacial score (nSPS) is 13.3. The van der Waals surface area contributed by atoms with E-state index in [-0.39, 0.29) is 18.8 Å². The van der Waals surface area contributed by atoms with Gasteiger partial charge in [0, 0.05) is 19.1 Å². The summed E-state index contributed by atoms with van der Waals surface area (Å²) in [4.78, 5) is 22.6.